The van der Waals surface area contributed by atoms with Gasteiger partial charge >= 0.3 is 0 Å². The van der Waals surface area contributed by atoms with Crippen molar-refractivity contribution in [3.8, 4) is 0 Å². The van der Waals surface area contributed by atoms with E-state index >= 15 is 0 Å². The minimum atomic E-state index is -2.60. The van der Waals surface area contributed by atoms with Crippen LogP contribution in [0.5, 0.6) is 0 Å². The molecule has 0 aliphatic rings. The van der Waals surface area contributed by atoms with Gasteiger partial charge in [-0.25, -0.2) is 8.78 Å². The third-order valence-electron chi connectivity index (χ3n) is 1.00. The van der Waals surface area contributed by atoms with Crippen LogP contribution in [0, 0.1) is 0 Å². The Morgan fingerprint density at radius 2 is 2.40 bits per heavy atom. The SMILES string of the molecule is NCc1cc(C(F)F)on1. The van der Waals surface area contributed by atoms with E-state index in [0.717, 1.165) is 6.07 Å². The van der Waals surface area contributed by atoms with Crippen molar-refractivity contribution in [2.24, 2.45) is 5.73 Å². The zero-order valence-electron chi connectivity index (χ0n) is 5.05. The van der Waals surface area contributed by atoms with Crippen LogP contribution in [-0.4, -0.2) is 5.16 Å². The minimum absolute atomic E-state index is 0.121. The molecular weight excluding hydrogens is 142 g/mol. The predicted octanol–water partition coefficient (Wildman–Crippen LogP) is 1.07. The number of nitrogens with two attached hydrogens (primary N) is 1. The fourth-order valence-electron chi connectivity index (χ4n) is 0.527. The largest absolute Gasteiger partial charge is 0.355 e. The predicted molar refractivity (Wildman–Crippen MR) is 29.4 cm³/mol. The lowest BCUT2D eigenvalue weighted by Gasteiger charge is -1.85. The number of halogens is 2. The molecule has 1 aromatic heterocycles. The van der Waals surface area contributed by atoms with Gasteiger partial charge in [-0.15, -0.1) is 0 Å². The lowest BCUT2D eigenvalue weighted by atomic mass is 10.4. The first-order valence-corrected chi connectivity index (χ1v) is 2.67. The molecule has 0 atom stereocenters. The molecule has 0 saturated carbocycles. The molecule has 0 amide bonds. The Morgan fingerprint density at radius 1 is 1.70 bits per heavy atom. The maximum absolute atomic E-state index is 11.7. The highest BCUT2D eigenvalue weighted by Gasteiger charge is 2.12. The quantitative estimate of drug-likeness (QED) is 0.682. The summed E-state index contributed by atoms with van der Waals surface area (Å²) >= 11 is 0. The molecule has 10 heavy (non-hydrogen) atoms. The van der Waals surface area contributed by atoms with Crippen LogP contribution in [0.4, 0.5) is 8.78 Å². The van der Waals surface area contributed by atoms with Gasteiger partial charge in [0.05, 0.1) is 5.69 Å². The third kappa shape index (κ3) is 1.30. The monoisotopic (exact) mass is 148 g/mol. The first-order valence-electron chi connectivity index (χ1n) is 2.67. The molecule has 0 radical (unpaired) electrons. The van der Waals surface area contributed by atoms with E-state index in [1.165, 1.54) is 0 Å². The molecular formula is C5H6F2N2O. The molecule has 56 valence electrons. The molecule has 0 unspecified atom stereocenters. The van der Waals surface area contributed by atoms with Crippen LogP contribution >= 0.6 is 0 Å². The van der Waals surface area contributed by atoms with Crippen molar-refractivity contribution in [2.75, 3.05) is 0 Å². The molecule has 0 saturated heterocycles. The normalized spacial score (nSPS) is 10.8. The van der Waals surface area contributed by atoms with Gasteiger partial charge < -0.3 is 10.3 Å². The Bertz CT molecular complexity index is 211. The summed E-state index contributed by atoms with van der Waals surface area (Å²) in [5.74, 6) is -0.430. The van der Waals surface area contributed by atoms with Gasteiger partial charge in [-0.2, -0.15) is 0 Å². The molecule has 0 bridgehead atoms. The lowest BCUT2D eigenvalue weighted by molar-refractivity contribution is 0.112. The Balaban J connectivity index is 2.78. The second-order valence-electron chi connectivity index (χ2n) is 1.73. The highest BCUT2D eigenvalue weighted by Crippen LogP contribution is 2.18. The fraction of sp³-hybridized carbons (Fsp3) is 0.400. The number of aromatic nitrogens is 1. The Kier molecular flexibility index (Phi) is 1.96. The van der Waals surface area contributed by atoms with E-state index in [1.807, 2.05) is 0 Å². The smallest absolute Gasteiger partial charge is 0.298 e. The van der Waals surface area contributed by atoms with Crippen LogP contribution in [0.1, 0.15) is 17.9 Å². The Morgan fingerprint density at radius 3 is 2.70 bits per heavy atom. The molecule has 1 heterocycles. The maximum atomic E-state index is 11.7. The number of alkyl halides is 2. The molecule has 3 nitrogen and oxygen atoms in total. The zero-order valence-corrected chi connectivity index (χ0v) is 5.05. The van der Waals surface area contributed by atoms with Gasteiger partial charge in [-0.1, -0.05) is 5.16 Å². The third-order valence-corrected chi connectivity index (χ3v) is 1.00. The topological polar surface area (TPSA) is 52.0 Å². The van der Waals surface area contributed by atoms with Gasteiger partial charge in [0, 0.05) is 12.6 Å². The highest BCUT2D eigenvalue weighted by molar-refractivity contribution is 5.05. The summed E-state index contributed by atoms with van der Waals surface area (Å²) in [5.41, 5.74) is 5.44. The molecule has 2 N–H and O–H groups in total. The van der Waals surface area contributed by atoms with Gasteiger partial charge in [0.1, 0.15) is 0 Å². The number of rotatable bonds is 2. The van der Waals surface area contributed by atoms with Crippen molar-refractivity contribution in [1.29, 1.82) is 0 Å². The van der Waals surface area contributed by atoms with Crippen LogP contribution in [0.15, 0.2) is 10.6 Å². The summed E-state index contributed by atoms with van der Waals surface area (Å²) in [5, 5.41) is 3.28. The van der Waals surface area contributed by atoms with Crippen molar-refractivity contribution in [1.82, 2.24) is 5.16 Å². The van der Waals surface area contributed by atoms with Crippen molar-refractivity contribution in [2.45, 2.75) is 13.0 Å². The summed E-state index contributed by atoms with van der Waals surface area (Å²) in [6.07, 6.45) is -2.60. The lowest BCUT2D eigenvalue weighted by Crippen LogP contribution is -1.94. The van der Waals surface area contributed by atoms with E-state index in [-0.39, 0.29) is 6.54 Å². The van der Waals surface area contributed by atoms with E-state index in [4.69, 9.17) is 5.73 Å². The van der Waals surface area contributed by atoms with Crippen molar-refractivity contribution in [3.63, 3.8) is 0 Å². The second kappa shape index (κ2) is 2.74. The molecule has 1 rings (SSSR count). The molecule has 0 fully saturated rings. The first kappa shape index (κ1) is 7.14. The van der Waals surface area contributed by atoms with Gasteiger partial charge in [-0.3, -0.25) is 0 Å². The van der Waals surface area contributed by atoms with Crippen LogP contribution in [0.2, 0.25) is 0 Å². The number of hydrogen-bond acceptors (Lipinski definition) is 3. The summed E-state index contributed by atoms with van der Waals surface area (Å²) in [6, 6.07) is 1.14. The van der Waals surface area contributed by atoms with E-state index in [1.54, 1.807) is 0 Å². The van der Waals surface area contributed by atoms with Gasteiger partial charge in [0.15, 0.2) is 0 Å². The summed E-state index contributed by atoms with van der Waals surface area (Å²) in [7, 11) is 0. The second-order valence-corrected chi connectivity index (χ2v) is 1.73. The van der Waals surface area contributed by atoms with E-state index in [9.17, 15) is 8.78 Å². The average Bonchev–Trinajstić information content (AvgIpc) is 2.34. The van der Waals surface area contributed by atoms with Crippen molar-refractivity contribution in [3.05, 3.63) is 17.5 Å². The Hall–Kier alpha value is -0.970. The standard InChI is InChI=1S/C5H6F2N2O/c6-5(7)4-1-3(2-8)9-10-4/h1,5H,2,8H2. The van der Waals surface area contributed by atoms with Crippen LogP contribution in [-0.2, 0) is 6.54 Å². The Labute approximate surface area is 55.8 Å². The first-order chi connectivity index (χ1) is 4.74. The zero-order chi connectivity index (χ0) is 7.56. The molecule has 0 spiro atoms. The van der Waals surface area contributed by atoms with Crippen molar-refractivity contribution < 1.29 is 13.3 Å². The highest BCUT2D eigenvalue weighted by atomic mass is 19.3. The minimum Gasteiger partial charge on any atom is -0.355 e. The van der Waals surface area contributed by atoms with E-state index in [0.29, 0.717) is 5.69 Å². The average molecular weight is 148 g/mol. The fourth-order valence-corrected chi connectivity index (χ4v) is 0.527. The molecule has 0 aliphatic carbocycles. The van der Waals surface area contributed by atoms with E-state index in [2.05, 4.69) is 9.68 Å². The van der Waals surface area contributed by atoms with Gasteiger partial charge in [0.25, 0.3) is 6.43 Å². The van der Waals surface area contributed by atoms with E-state index < -0.39 is 12.2 Å². The van der Waals surface area contributed by atoms with Crippen molar-refractivity contribution >= 4 is 0 Å². The van der Waals surface area contributed by atoms with Gasteiger partial charge in [-0.05, 0) is 0 Å². The molecule has 1 aromatic rings. The summed E-state index contributed by atoms with van der Waals surface area (Å²) in [6.45, 7) is 0.121. The maximum Gasteiger partial charge on any atom is 0.298 e. The van der Waals surface area contributed by atoms with Crippen LogP contribution in [0.3, 0.4) is 0 Å². The summed E-state index contributed by atoms with van der Waals surface area (Å²) in [4.78, 5) is 0. The van der Waals surface area contributed by atoms with Gasteiger partial charge in [0.2, 0.25) is 5.76 Å². The molecule has 0 aliphatic heterocycles. The summed E-state index contributed by atoms with van der Waals surface area (Å²) < 4.78 is 27.7. The molecule has 5 heteroatoms. The van der Waals surface area contributed by atoms with Crippen LogP contribution < -0.4 is 5.73 Å². The molecule has 0 aromatic carbocycles. The number of hydrogen-bond donors (Lipinski definition) is 1. The number of nitrogens with zero attached hydrogens (tertiary/aromatic N) is 1. The van der Waals surface area contributed by atoms with Crippen LogP contribution in [0.25, 0.3) is 0 Å².